The standard InChI is InChI=1S/C11H18O/c1-8-3-5-10-6-4-9(2)12-11(10)7-8/h8,10-11H,2-7H2,1H3. The van der Waals surface area contributed by atoms with E-state index in [4.69, 9.17) is 4.74 Å². The highest BCUT2D eigenvalue weighted by Gasteiger charge is 2.32. The summed E-state index contributed by atoms with van der Waals surface area (Å²) in [6.07, 6.45) is 6.95. The Hall–Kier alpha value is -0.460. The zero-order chi connectivity index (χ0) is 8.55. The second-order valence-electron chi connectivity index (χ2n) is 4.41. The lowest BCUT2D eigenvalue weighted by molar-refractivity contribution is -0.0156. The fourth-order valence-electron chi connectivity index (χ4n) is 2.49. The van der Waals surface area contributed by atoms with E-state index in [1.807, 2.05) is 0 Å². The molecule has 0 amide bonds. The van der Waals surface area contributed by atoms with Gasteiger partial charge in [0.15, 0.2) is 0 Å². The van der Waals surface area contributed by atoms with Gasteiger partial charge in [-0.2, -0.15) is 0 Å². The minimum Gasteiger partial charge on any atom is -0.495 e. The Balaban J connectivity index is 1.99. The summed E-state index contributed by atoms with van der Waals surface area (Å²) < 4.78 is 5.77. The second-order valence-corrected chi connectivity index (χ2v) is 4.41. The van der Waals surface area contributed by atoms with Crippen LogP contribution in [0.4, 0.5) is 0 Å². The number of ether oxygens (including phenoxy) is 1. The summed E-state index contributed by atoms with van der Waals surface area (Å²) in [4.78, 5) is 0. The average Bonchev–Trinajstić information content (AvgIpc) is 2.03. The molecule has 1 aliphatic heterocycles. The third kappa shape index (κ3) is 1.50. The molecule has 12 heavy (non-hydrogen) atoms. The van der Waals surface area contributed by atoms with E-state index in [1.165, 1.54) is 25.7 Å². The largest absolute Gasteiger partial charge is 0.495 e. The van der Waals surface area contributed by atoms with Gasteiger partial charge in [-0.05, 0) is 31.1 Å². The Kier molecular flexibility index (Phi) is 2.12. The fourth-order valence-corrected chi connectivity index (χ4v) is 2.49. The van der Waals surface area contributed by atoms with E-state index in [2.05, 4.69) is 13.5 Å². The van der Waals surface area contributed by atoms with Gasteiger partial charge in [0.25, 0.3) is 0 Å². The molecule has 0 aromatic carbocycles. The molecule has 2 fully saturated rings. The molecule has 1 saturated carbocycles. The molecule has 3 atom stereocenters. The Labute approximate surface area is 74.8 Å². The summed E-state index contributed by atoms with van der Waals surface area (Å²) >= 11 is 0. The molecule has 0 aromatic heterocycles. The molecule has 1 heteroatoms. The lowest BCUT2D eigenvalue weighted by Gasteiger charge is -2.39. The maximum absolute atomic E-state index is 5.77. The summed E-state index contributed by atoms with van der Waals surface area (Å²) in [5, 5.41) is 0. The smallest absolute Gasteiger partial charge is 0.101 e. The van der Waals surface area contributed by atoms with Crippen molar-refractivity contribution >= 4 is 0 Å². The Morgan fingerprint density at radius 1 is 1.33 bits per heavy atom. The zero-order valence-corrected chi connectivity index (χ0v) is 7.88. The average molecular weight is 166 g/mol. The van der Waals surface area contributed by atoms with Crippen LogP contribution >= 0.6 is 0 Å². The molecule has 0 spiro atoms. The molecular formula is C11H18O. The van der Waals surface area contributed by atoms with Crippen molar-refractivity contribution < 1.29 is 4.74 Å². The normalized spacial score (nSPS) is 41.8. The van der Waals surface area contributed by atoms with Crippen molar-refractivity contribution in [2.45, 2.75) is 45.1 Å². The molecule has 3 unspecified atom stereocenters. The maximum atomic E-state index is 5.77. The number of hydrogen-bond donors (Lipinski definition) is 0. The van der Waals surface area contributed by atoms with Crippen LogP contribution in [0.15, 0.2) is 12.3 Å². The van der Waals surface area contributed by atoms with Crippen LogP contribution in [-0.2, 0) is 4.74 Å². The molecule has 0 radical (unpaired) electrons. The molecule has 0 aromatic rings. The quantitative estimate of drug-likeness (QED) is 0.537. The lowest BCUT2D eigenvalue weighted by Crippen LogP contribution is -2.33. The van der Waals surface area contributed by atoms with E-state index in [9.17, 15) is 0 Å². The highest BCUT2D eigenvalue weighted by molar-refractivity contribution is 4.94. The number of hydrogen-bond acceptors (Lipinski definition) is 1. The molecule has 0 N–H and O–H groups in total. The van der Waals surface area contributed by atoms with Crippen LogP contribution < -0.4 is 0 Å². The van der Waals surface area contributed by atoms with E-state index in [0.29, 0.717) is 6.10 Å². The first kappa shape index (κ1) is 8.15. The Morgan fingerprint density at radius 2 is 2.17 bits per heavy atom. The predicted molar refractivity (Wildman–Crippen MR) is 49.8 cm³/mol. The summed E-state index contributed by atoms with van der Waals surface area (Å²) in [7, 11) is 0. The maximum Gasteiger partial charge on any atom is 0.101 e. The lowest BCUT2D eigenvalue weighted by atomic mass is 9.77. The summed E-state index contributed by atoms with van der Waals surface area (Å²) in [5.74, 6) is 2.72. The molecule has 2 aliphatic rings. The monoisotopic (exact) mass is 166 g/mol. The minimum atomic E-state index is 0.509. The Morgan fingerprint density at radius 3 is 3.00 bits per heavy atom. The SMILES string of the molecule is C=C1CCC2CCC(C)CC2O1. The van der Waals surface area contributed by atoms with Crippen LogP contribution in [0.5, 0.6) is 0 Å². The molecular weight excluding hydrogens is 148 g/mol. The van der Waals surface area contributed by atoms with Crippen molar-refractivity contribution in [3.05, 3.63) is 12.3 Å². The summed E-state index contributed by atoms with van der Waals surface area (Å²) in [6, 6.07) is 0. The van der Waals surface area contributed by atoms with Crippen LogP contribution in [-0.4, -0.2) is 6.10 Å². The zero-order valence-electron chi connectivity index (χ0n) is 7.88. The fraction of sp³-hybridized carbons (Fsp3) is 0.818. The van der Waals surface area contributed by atoms with E-state index in [0.717, 1.165) is 24.0 Å². The van der Waals surface area contributed by atoms with Gasteiger partial charge < -0.3 is 4.74 Å². The first-order chi connectivity index (χ1) is 5.75. The van der Waals surface area contributed by atoms with Crippen molar-refractivity contribution in [3.63, 3.8) is 0 Å². The van der Waals surface area contributed by atoms with Crippen molar-refractivity contribution in [2.24, 2.45) is 11.8 Å². The van der Waals surface area contributed by atoms with Gasteiger partial charge in [-0.1, -0.05) is 19.9 Å². The molecule has 1 saturated heterocycles. The van der Waals surface area contributed by atoms with Crippen LogP contribution in [0.25, 0.3) is 0 Å². The Bertz CT molecular complexity index is 185. The highest BCUT2D eigenvalue weighted by Crippen LogP contribution is 2.38. The van der Waals surface area contributed by atoms with Crippen LogP contribution in [0, 0.1) is 11.8 Å². The minimum absolute atomic E-state index is 0.509. The molecule has 1 nitrogen and oxygen atoms in total. The van der Waals surface area contributed by atoms with Crippen molar-refractivity contribution in [2.75, 3.05) is 0 Å². The third-order valence-electron chi connectivity index (χ3n) is 3.30. The van der Waals surface area contributed by atoms with E-state index < -0.39 is 0 Å². The van der Waals surface area contributed by atoms with Gasteiger partial charge in [-0.25, -0.2) is 0 Å². The summed E-state index contributed by atoms with van der Waals surface area (Å²) in [6.45, 7) is 6.24. The van der Waals surface area contributed by atoms with Gasteiger partial charge in [0.2, 0.25) is 0 Å². The van der Waals surface area contributed by atoms with Gasteiger partial charge in [-0.3, -0.25) is 0 Å². The first-order valence-corrected chi connectivity index (χ1v) is 5.10. The second kappa shape index (κ2) is 3.12. The molecule has 2 rings (SSSR count). The van der Waals surface area contributed by atoms with Gasteiger partial charge in [0.1, 0.15) is 6.10 Å². The molecule has 68 valence electrons. The topological polar surface area (TPSA) is 9.23 Å². The molecule has 1 aliphatic carbocycles. The van der Waals surface area contributed by atoms with Crippen LogP contribution in [0.2, 0.25) is 0 Å². The summed E-state index contributed by atoms with van der Waals surface area (Å²) in [5.41, 5.74) is 0. The third-order valence-corrected chi connectivity index (χ3v) is 3.30. The highest BCUT2D eigenvalue weighted by atomic mass is 16.5. The van der Waals surface area contributed by atoms with Gasteiger partial charge in [0, 0.05) is 6.42 Å². The van der Waals surface area contributed by atoms with E-state index in [-0.39, 0.29) is 0 Å². The first-order valence-electron chi connectivity index (χ1n) is 5.10. The van der Waals surface area contributed by atoms with Crippen LogP contribution in [0.3, 0.4) is 0 Å². The molecule has 1 heterocycles. The van der Waals surface area contributed by atoms with Gasteiger partial charge >= 0.3 is 0 Å². The molecule has 0 bridgehead atoms. The number of rotatable bonds is 0. The number of fused-ring (bicyclic) bond motifs is 1. The van der Waals surface area contributed by atoms with Crippen molar-refractivity contribution in [1.29, 1.82) is 0 Å². The van der Waals surface area contributed by atoms with Crippen LogP contribution in [0.1, 0.15) is 39.0 Å². The van der Waals surface area contributed by atoms with Gasteiger partial charge in [0.05, 0.1) is 5.76 Å². The van der Waals surface area contributed by atoms with E-state index in [1.54, 1.807) is 0 Å². The van der Waals surface area contributed by atoms with Gasteiger partial charge in [-0.15, -0.1) is 0 Å². The van der Waals surface area contributed by atoms with Crippen molar-refractivity contribution in [3.8, 4) is 0 Å². The van der Waals surface area contributed by atoms with Crippen molar-refractivity contribution in [1.82, 2.24) is 0 Å². The predicted octanol–water partition coefficient (Wildman–Crippen LogP) is 3.12. The number of allylic oxidation sites excluding steroid dienone is 1. The van der Waals surface area contributed by atoms with E-state index >= 15 is 0 Å².